The number of hydrogen-bond donors (Lipinski definition) is 1. The van der Waals surface area contributed by atoms with Crippen LogP contribution < -0.4 is 5.32 Å². The monoisotopic (exact) mass is 381 g/mol. The van der Waals surface area contributed by atoms with Crippen LogP contribution >= 0.6 is 11.3 Å². The molecule has 0 aliphatic carbocycles. The quantitative estimate of drug-likeness (QED) is 0.883. The first-order chi connectivity index (χ1) is 11.8. The van der Waals surface area contributed by atoms with Gasteiger partial charge in [-0.25, -0.2) is 17.7 Å². The minimum absolute atomic E-state index is 0.0668. The van der Waals surface area contributed by atoms with Crippen LogP contribution in [0.15, 0.2) is 12.1 Å². The summed E-state index contributed by atoms with van der Waals surface area (Å²) in [5.41, 5.74) is 3.18. The zero-order chi connectivity index (χ0) is 18.2. The Balaban J connectivity index is 1.68. The van der Waals surface area contributed by atoms with Crippen molar-refractivity contribution in [1.82, 2.24) is 9.29 Å². The predicted molar refractivity (Wildman–Crippen MR) is 101 cm³/mol. The highest BCUT2D eigenvalue weighted by Crippen LogP contribution is 2.31. The average Bonchev–Trinajstić information content (AvgIpc) is 3.03. The maximum Gasteiger partial charge on any atom is 0.229 e. The molecule has 0 spiro atoms. The van der Waals surface area contributed by atoms with Crippen LogP contribution in [0, 0.1) is 19.8 Å². The molecule has 8 heteroatoms. The summed E-state index contributed by atoms with van der Waals surface area (Å²) in [6.45, 7) is 6.51. The molecule has 0 unspecified atom stereocenters. The molecular weight excluding hydrogens is 358 g/mol. The summed E-state index contributed by atoms with van der Waals surface area (Å²) in [5, 5.41) is 3.54. The van der Waals surface area contributed by atoms with Gasteiger partial charge in [0.05, 0.1) is 16.0 Å². The first kappa shape index (κ1) is 18.3. The van der Waals surface area contributed by atoms with E-state index in [1.165, 1.54) is 15.6 Å². The number of nitrogens with one attached hydrogen (secondary N) is 1. The second-order valence-electron chi connectivity index (χ2n) is 6.46. The number of fused-ring (bicyclic) bond motifs is 1. The third-order valence-corrected chi connectivity index (χ3v) is 7.74. The molecule has 0 saturated carbocycles. The Labute approximate surface area is 152 Å². The molecule has 1 aliphatic heterocycles. The summed E-state index contributed by atoms with van der Waals surface area (Å²) < 4.78 is 26.4. The number of rotatable bonds is 4. The van der Waals surface area contributed by atoms with Crippen molar-refractivity contribution < 1.29 is 13.2 Å². The largest absolute Gasteiger partial charge is 0.302 e. The molecule has 1 amide bonds. The topological polar surface area (TPSA) is 79.4 Å². The number of carbonyl (C=O) groups is 1. The van der Waals surface area contributed by atoms with E-state index in [1.807, 2.05) is 19.9 Å². The zero-order valence-electron chi connectivity index (χ0n) is 14.7. The fourth-order valence-electron chi connectivity index (χ4n) is 3.10. The van der Waals surface area contributed by atoms with E-state index in [9.17, 15) is 13.2 Å². The predicted octanol–water partition coefficient (Wildman–Crippen LogP) is 2.91. The summed E-state index contributed by atoms with van der Waals surface area (Å²) >= 11 is 1.49. The maximum absolute atomic E-state index is 12.5. The number of amides is 1. The minimum atomic E-state index is -3.16. The summed E-state index contributed by atoms with van der Waals surface area (Å²) in [6, 6.07) is 4.10. The van der Waals surface area contributed by atoms with Crippen molar-refractivity contribution in [3.63, 3.8) is 0 Å². The summed E-state index contributed by atoms with van der Waals surface area (Å²) in [7, 11) is -3.16. The molecule has 1 aromatic carbocycles. The Morgan fingerprint density at radius 3 is 2.52 bits per heavy atom. The van der Waals surface area contributed by atoms with Gasteiger partial charge in [0, 0.05) is 19.0 Å². The van der Waals surface area contributed by atoms with Gasteiger partial charge in [-0.15, -0.1) is 0 Å². The minimum Gasteiger partial charge on any atom is -0.302 e. The van der Waals surface area contributed by atoms with E-state index in [4.69, 9.17) is 0 Å². The van der Waals surface area contributed by atoms with Gasteiger partial charge < -0.3 is 5.32 Å². The molecule has 1 aliphatic rings. The van der Waals surface area contributed by atoms with Gasteiger partial charge in [-0.2, -0.15) is 0 Å². The number of aryl methyl sites for hydroxylation is 2. The highest BCUT2D eigenvalue weighted by Gasteiger charge is 2.30. The van der Waals surface area contributed by atoms with Crippen molar-refractivity contribution in [2.45, 2.75) is 33.6 Å². The smallest absolute Gasteiger partial charge is 0.229 e. The summed E-state index contributed by atoms with van der Waals surface area (Å²) in [5.74, 6) is -0.130. The second kappa shape index (κ2) is 7.01. The van der Waals surface area contributed by atoms with Crippen LogP contribution in [-0.2, 0) is 14.8 Å². The molecule has 1 aromatic heterocycles. The molecule has 2 aromatic rings. The molecule has 136 valence electrons. The lowest BCUT2D eigenvalue weighted by atomic mass is 9.97. The fraction of sp³-hybridized carbons (Fsp3) is 0.529. The van der Waals surface area contributed by atoms with Crippen molar-refractivity contribution in [2.75, 3.05) is 24.2 Å². The van der Waals surface area contributed by atoms with Crippen molar-refractivity contribution >= 4 is 42.6 Å². The highest BCUT2D eigenvalue weighted by atomic mass is 32.2. The van der Waals surface area contributed by atoms with Gasteiger partial charge in [-0.1, -0.05) is 23.5 Å². The Morgan fingerprint density at radius 2 is 1.92 bits per heavy atom. The van der Waals surface area contributed by atoms with Crippen LogP contribution in [0.1, 0.15) is 30.9 Å². The highest BCUT2D eigenvalue weighted by molar-refractivity contribution is 7.89. The third-order valence-electron chi connectivity index (χ3n) is 4.76. The van der Waals surface area contributed by atoms with Crippen LogP contribution in [0.25, 0.3) is 10.2 Å². The summed E-state index contributed by atoms with van der Waals surface area (Å²) in [4.78, 5) is 17.1. The first-order valence-electron chi connectivity index (χ1n) is 8.47. The zero-order valence-corrected chi connectivity index (χ0v) is 16.3. The number of benzene rings is 1. The Bertz CT molecular complexity index is 858. The fourth-order valence-corrected chi connectivity index (χ4v) is 5.25. The first-order valence-corrected chi connectivity index (χ1v) is 10.9. The van der Waals surface area contributed by atoms with Gasteiger partial charge in [0.2, 0.25) is 15.9 Å². The van der Waals surface area contributed by atoms with E-state index in [0.717, 1.165) is 21.3 Å². The van der Waals surface area contributed by atoms with E-state index in [2.05, 4.69) is 16.4 Å². The van der Waals surface area contributed by atoms with E-state index in [-0.39, 0.29) is 17.6 Å². The number of sulfonamides is 1. The molecule has 0 bridgehead atoms. The van der Waals surface area contributed by atoms with Crippen molar-refractivity contribution in [3.05, 3.63) is 23.3 Å². The number of nitrogens with zero attached hydrogens (tertiary/aromatic N) is 2. The average molecular weight is 382 g/mol. The molecule has 0 atom stereocenters. The lowest BCUT2D eigenvalue weighted by Crippen LogP contribution is -2.42. The maximum atomic E-state index is 12.5. The number of carbonyl (C=O) groups excluding carboxylic acids is 1. The van der Waals surface area contributed by atoms with E-state index < -0.39 is 10.0 Å². The van der Waals surface area contributed by atoms with Crippen LogP contribution in [0.2, 0.25) is 0 Å². The van der Waals surface area contributed by atoms with Crippen LogP contribution in [0.3, 0.4) is 0 Å². The summed E-state index contributed by atoms with van der Waals surface area (Å²) in [6.07, 6.45) is 1.10. The number of piperidine rings is 1. The number of hydrogen-bond acceptors (Lipinski definition) is 5. The Hall–Kier alpha value is -1.51. The van der Waals surface area contributed by atoms with Crippen LogP contribution in [-0.4, -0.2) is 42.5 Å². The van der Waals surface area contributed by atoms with Gasteiger partial charge in [-0.05, 0) is 44.7 Å². The molecule has 1 fully saturated rings. The van der Waals surface area contributed by atoms with E-state index in [1.54, 1.807) is 6.92 Å². The van der Waals surface area contributed by atoms with Gasteiger partial charge in [0.15, 0.2) is 5.13 Å². The SMILES string of the molecule is CCS(=O)(=O)N1CCC(C(=O)Nc2nc3c(C)ccc(C)c3s2)CC1. The molecule has 1 N–H and O–H groups in total. The number of anilines is 1. The van der Waals surface area contributed by atoms with Gasteiger partial charge in [0.25, 0.3) is 0 Å². The normalized spacial score (nSPS) is 17.1. The second-order valence-corrected chi connectivity index (χ2v) is 9.72. The number of aromatic nitrogens is 1. The lowest BCUT2D eigenvalue weighted by Gasteiger charge is -2.30. The van der Waals surface area contributed by atoms with Crippen LogP contribution in [0.4, 0.5) is 5.13 Å². The van der Waals surface area contributed by atoms with E-state index >= 15 is 0 Å². The Kier molecular flexibility index (Phi) is 5.13. The molecule has 1 saturated heterocycles. The molecule has 3 rings (SSSR count). The third kappa shape index (κ3) is 3.70. The molecule has 25 heavy (non-hydrogen) atoms. The van der Waals surface area contributed by atoms with Gasteiger partial charge in [0.1, 0.15) is 0 Å². The van der Waals surface area contributed by atoms with E-state index in [0.29, 0.717) is 31.1 Å². The van der Waals surface area contributed by atoms with Crippen molar-refractivity contribution in [2.24, 2.45) is 5.92 Å². The molecule has 6 nitrogen and oxygen atoms in total. The molecule has 2 heterocycles. The van der Waals surface area contributed by atoms with Crippen molar-refractivity contribution in [1.29, 1.82) is 0 Å². The Morgan fingerprint density at radius 1 is 1.28 bits per heavy atom. The van der Waals surface area contributed by atoms with Gasteiger partial charge in [-0.3, -0.25) is 4.79 Å². The standard InChI is InChI=1S/C17H23N3O3S2/c1-4-25(22,23)20-9-7-13(8-10-20)16(21)19-17-18-14-11(2)5-6-12(3)15(14)24-17/h5-6,13H,4,7-10H2,1-3H3,(H,18,19,21). The lowest BCUT2D eigenvalue weighted by molar-refractivity contribution is -0.120. The number of thiazole rings is 1. The molecular formula is C17H23N3O3S2. The van der Waals surface area contributed by atoms with Crippen molar-refractivity contribution in [3.8, 4) is 0 Å². The van der Waals surface area contributed by atoms with Crippen LogP contribution in [0.5, 0.6) is 0 Å². The van der Waals surface area contributed by atoms with Gasteiger partial charge >= 0.3 is 0 Å². The molecule has 0 radical (unpaired) electrons.